The van der Waals surface area contributed by atoms with Gasteiger partial charge in [-0.1, -0.05) is 0 Å². The van der Waals surface area contributed by atoms with Gasteiger partial charge in [-0.2, -0.15) is 0 Å². The zero-order valence-electron chi connectivity index (χ0n) is 13.6. The third-order valence-corrected chi connectivity index (χ3v) is 3.15. The van der Waals surface area contributed by atoms with E-state index < -0.39 is 0 Å². The maximum Gasteiger partial charge on any atom is 0.162 e. The van der Waals surface area contributed by atoms with Crippen LogP contribution in [-0.4, -0.2) is 44.4 Å². The van der Waals surface area contributed by atoms with Gasteiger partial charge in [-0.15, -0.1) is 0 Å². The average Bonchev–Trinajstić information content (AvgIpc) is 2.59. The molecular weight excluding hydrogens is 296 g/mol. The van der Waals surface area contributed by atoms with E-state index >= 15 is 0 Å². The van der Waals surface area contributed by atoms with Gasteiger partial charge in [0.1, 0.15) is 18.0 Å². The number of nitrogens with zero attached hydrogens (tertiary/aromatic N) is 2. The van der Waals surface area contributed by atoms with E-state index in [0.717, 1.165) is 31.1 Å². The molecule has 1 aromatic carbocycles. The van der Waals surface area contributed by atoms with Crippen molar-refractivity contribution in [2.45, 2.75) is 6.42 Å². The van der Waals surface area contributed by atoms with Crippen LogP contribution in [-0.2, 0) is 4.74 Å². The highest BCUT2D eigenvalue weighted by Gasteiger charge is 2.05. The van der Waals surface area contributed by atoms with Gasteiger partial charge in [0.05, 0.1) is 14.2 Å². The molecule has 23 heavy (non-hydrogen) atoms. The second-order valence-electron chi connectivity index (χ2n) is 4.76. The summed E-state index contributed by atoms with van der Waals surface area (Å²) < 4.78 is 15.5. The summed E-state index contributed by atoms with van der Waals surface area (Å²) in [5.41, 5.74) is 0.853. The van der Waals surface area contributed by atoms with E-state index in [1.165, 1.54) is 6.33 Å². The standard InChI is InChI=1S/C16H22N4O3/c1-21-8-4-7-17-15-10-16(19-11-18-15)20-12-5-6-13(22-2)14(9-12)23-3/h5-6,9-11H,4,7-8H2,1-3H3,(H2,17,18,19,20). The minimum atomic E-state index is 0.657. The molecule has 7 nitrogen and oxygen atoms in total. The van der Waals surface area contributed by atoms with Crippen LogP contribution in [0.4, 0.5) is 17.3 Å². The lowest BCUT2D eigenvalue weighted by Gasteiger charge is -2.11. The first-order chi connectivity index (χ1) is 11.3. The van der Waals surface area contributed by atoms with Crippen LogP contribution >= 0.6 is 0 Å². The molecule has 2 N–H and O–H groups in total. The first-order valence-corrected chi connectivity index (χ1v) is 7.30. The van der Waals surface area contributed by atoms with Gasteiger partial charge < -0.3 is 24.8 Å². The normalized spacial score (nSPS) is 10.2. The summed E-state index contributed by atoms with van der Waals surface area (Å²) in [6, 6.07) is 7.44. The summed E-state index contributed by atoms with van der Waals surface area (Å²) in [6.07, 6.45) is 2.43. The molecule has 0 aliphatic carbocycles. The summed E-state index contributed by atoms with van der Waals surface area (Å²) in [5, 5.41) is 6.45. The quantitative estimate of drug-likeness (QED) is 0.688. The van der Waals surface area contributed by atoms with Crippen molar-refractivity contribution < 1.29 is 14.2 Å². The van der Waals surface area contributed by atoms with Crippen LogP contribution < -0.4 is 20.1 Å². The van der Waals surface area contributed by atoms with Gasteiger partial charge in [0.2, 0.25) is 0 Å². The van der Waals surface area contributed by atoms with Crippen molar-refractivity contribution >= 4 is 17.3 Å². The number of benzene rings is 1. The van der Waals surface area contributed by atoms with Crippen molar-refractivity contribution in [1.82, 2.24) is 9.97 Å². The first-order valence-electron chi connectivity index (χ1n) is 7.30. The Balaban J connectivity index is 2.02. The second-order valence-corrected chi connectivity index (χ2v) is 4.76. The molecule has 0 saturated heterocycles. The van der Waals surface area contributed by atoms with Gasteiger partial charge >= 0.3 is 0 Å². The summed E-state index contributed by atoms with van der Waals surface area (Å²) in [7, 11) is 4.90. The van der Waals surface area contributed by atoms with Crippen molar-refractivity contribution in [3.05, 3.63) is 30.6 Å². The Labute approximate surface area is 136 Å². The number of nitrogens with one attached hydrogen (secondary N) is 2. The molecule has 0 saturated carbocycles. The molecule has 0 unspecified atom stereocenters. The number of ether oxygens (including phenoxy) is 3. The topological polar surface area (TPSA) is 77.5 Å². The van der Waals surface area contributed by atoms with E-state index in [4.69, 9.17) is 14.2 Å². The molecule has 0 radical (unpaired) electrons. The monoisotopic (exact) mass is 318 g/mol. The molecule has 0 amide bonds. The zero-order valence-corrected chi connectivity index (χ0v) is 13.6. The Hall–Kier alpha value is -2.54. The Bertz CT molecular complexity index is 622. The third kappa shape index (κ3) is 5.00. The summed E-state index contributed by atoms with van der Waals surface area (Å²) in [4.78, 5) is 8.41. The van der Waals surface area contributed by atoms with Crippen molar-refractivity contribution in [1.29, 1.82) is 0 Å². The fourth-order valence-electron chi connectivity index (χ4n) is 2.02. The molecule has 0 fully saturated rings. The fourth-order valence-corrected chi connectivity index (χ4v) is 2.02. The lowest BCUT2D eigenvalue weighted by atomic mass is 10.2. The van der Waals surface area contributed by atoms with Crippen LogP contribution in [0.1, 0.15) is 6.42 Å². The molecule has 2 aromatic rings. The van der Waals surface area contributed by atoms with Crippen molar-refractivity contribution in [2.24, 2.45) is 0 Å². The number of hydrogen-bond donors (Lipinski definition) is 2. The molecule has 1 aromatic heterocycles. The summed E-state index contributed by atoms with van der Waals surface area (Å²) in [5.74, 6) is 2.80. The van der Waals surface area contributed by atoms with E-state index in [0.29, 0.717) is 17.3 Å². The van der Waals surface area contributed by atoms with Crippen LogP contribution in [0.5, 0.6) is 11.5 Å². The lowest BCUT2D eigenvalue weighted by molar-refractivity contribution is 0.198. The Morgan fingerprint density at radius 2 is 1.74 bits per heavy atom. The maximum absolute atomic E-state index is 5.29. The zero-order chi connectivity index (χ0) is 16.5. The molecule has 0 spiro atoms. The highest BCUT2D eigenvalue weighted by Crippen LogP contribution is 2.30. The highest BCUT2D eigenvalue weighted by molar-refractivity contribution is 5.62. The Morgan fingerprint density at radius 3 is 2.48 bits per heavy atom. The number of hydrogen-bond acceptors (Lipinski definition) is 7. The van der Waals surface area contributed by atoms with Crippen molar-refractivity contribution in [2.75, 3.05) is 45.1 Å². The van der Waals surface area contributed by atoms with E-state index in [2.05, 4.69) is 20.6 Å². The summed E-state index contributed by atoms with van der Waals surface area (Å²) in [6.45, 7) is 1.51. The molecular formula is C16H22N4O3. The van der Waals surface area contributed by atoms with Crippen LogP contribution in [0.2, 0.25) is 0 Å². The fraction of sp³-hybridized carbons (Fsp3) is 0.375. The SMILES string of the molecule is COCCCNc1cc(Nc2ccc(OC)c(OC)c2)ncn1. The van der Waals surface area contributed by atoms with Gasteiger partial charge in [0, 0.05) is 38.1 Å². The van der Waals surface area contributed by atoms with Crippen LogP contribution in [0.25, 0.3) is 0 Å². The number of anilines is 3. The molecule has 0 atom stereocenters. The summed E-state index contributed by atoms with van der Waals surface area (Å²) >= 11 is 0. The molecule has 0 bridgehead atoms. The predicted molar refractivity (Wildman–Crippen MR) is 89.8 cm³/mol. The smallest absolute Gasteiger partial charge is 0.162 e. The van der Waals surface area contributed by atoms with Crippen LogP contribution in [0.3, 0.4) is 0 Å². The number of aromatic nitrogens is 2. The maximum atomic E-state index is 5.29. The minimum Gasteiger partial charge on any atom is -0.493 e. The molecule has 0 aliphatic rings. The molecule has 0 aliphatic heterocycles. The average molecular weight is 318 g/mol. The van der Waals surface area contributed by atoms with E-state index in [-0.39, 0.29) is 0 Å². The Kier molecular flexibility index (Phi) is 6.43. The number of rotatable bonds is 9. The highest BCUT2D eigenvalue weighted by atomic mass is 16.5. The number of methoxy groups -OCH3 is 3. The van der Waals surface area contributed by atoms with E-state index in [1.807, 2.05) is 24.3 Å². The molecule has 1 heterocycles. The van der Waals surface area contributed by atoms with E-state index in [9.17, 15) is 0 Å². The first kappa shape index (κ1) is 16.8. The van der Waals surface area contributed by atoms with Gasteiger partial charge in [-0.05, 0) is 18.6 Å². The van der Waals surface area contributed by atoms with E-state index in [1.54, 1.807) is 21.3 Å². The Morgan fingerprint density at radius 1 is 0.957 bits per heavy atom. The van der Waals surface area contributed by atoms with Crippen LogP contribution in [0.15, 0.2) is 30.6 Å². The van der Waals surface area contributed by atoms with Gasteiger partial charge in [0.25, 0.3) is 0 Å². The van der Waals surface area contributed by atoms with Crippen LogP contribution in [0, 0.1) is 0 Å². The minimum absolute atomic E-state index is 0.657. The largest absolute Gasteiger partial charge is 0.493 e. The van der Waals surface area contributed by atoms with Gasteiger partial charge in [0.15, 0.2) is 11.5 Å². The molecule has 124 valence electrons. The lowest BCUT2D eigenvalue weighted by Crippen LogP contribution is -2.06. The van der Waals surface area contributed by atoms with Gasteiger partial charge in [-0.3, -0.25) is 0 Å². The van der Waals surface area contributed by atoms with Crippen molar-refractivity contribution in [3.8, 4) is 11.5 Å². The predicted octanol–water partition coefficient (Wildman–Crippen LogP) is 2.69. The van der Waals surface area contributed by atoms with Gasteiger partial charge in [-0.25, -0.2) is 9.97 Å². The third-order valence-electron chi connectivity index (χ3n) is 3.15. The molecule has 7 heteroatoms. The molecule has 2 rings (SSSR count). The van der Waals surface area contributed by atoms with Crippen molar-refractivity contribution in [3.63, 3.8) is 0 Å². The second kappa shape index (κ2) is 8.79.